The number of likely N-dealkylation sites (tertiary alicyclic amines) is 1. The number of piperidine rings is 1. The molecule has 2 unspecified atom stereocenters. The van der Waals surface area contributed by atoms with Gasteiger partial charge in [-0.1, -0.05) is 20.8 Å². The molecule has 0 radical (unpaired) electrons. The van der Waals surface area contributed by atoms with Crippen molar-refractivity contribution in [1.29, 1.82) is 0 Å². The summed E-state index contributed by atoms with van der Waals surface area (Å²) >= 11 is 0. The smallest absolute Gasteiger partial charge is 0.225 e. The van der Waals surface area contributed by atoms with Crippen molar-refractivity contribution in [3.05, 3.63) is 0 Å². The van der Waals surface area contributed by atoms with Crippen LogP contribution in [-0.2, 0) is 4.79 Å². The summed E-state index contributed by atoms with van der Waals surface area (Å²) in [6.45, 7) is 9.57. The Morgan fingerprint density at radius 2 is 1.95 bits per heavy atom. The molecule has 3 nitrogen and oxygen atoms in total. The van der Waals surface area contributed by atoms with Crippen LogP contribution in [0, 0.1) is 17.8 Å². The van der Waals surface area contributed by atoms with E-state index in [1.54, 1.807) is 0 Å². The van der Waals surface area contributed by atoms with Gasteiger partial charge in [-0.2, -0.15) is 0 Å². The highest BCUT2D eigenvalue weighted by Crippen LogP contribution is 2.28. The van der Waals surface area contributed by atoms with Gasteiger partial charge in [0.15, 0.2) is 0 Å². The summed E-state index contributed by atoms with van der Waals surface area (Å²) in [5.41, 5.74) is 0. The van der Waals surface area contributed by atoms with Crippen LogP contribution in [0.25, 0.3) is 0 Å². The van der Waals surface area contributed by atoms with E-state index >= 15 is 0 Å². The molecule has 0 spiro atoms. The Kier molecular flexibility index (Phi) is 5.26. The third-order valence-electron chi connectivity index (χ3n) is 4.70. The van der Waals surface area contributed by atoms with E-state index in [0.717, 1.165) is 38.4 Å². The number of hydrogen-bond donors (Lipinski definition) is 1. The van der Waals surface area contributed by atoms with Gasteiger partial charge >= 0.3 is 0 Å². The van der Waals surface area contributed by atoms with E-state index in [-0.39, 0.29) is 5.92 Å². The van der Waals surface area contributed by atoms with Crippen molar-refractivity contribution in [3.8, 4) is 0 Å². The lowest BCUT2D eigenvalue weighted by atomic mass is 9.93. The Hall–Kier alpha value is -0.570. The number of carbonyl (C=O) groups excluding carboxylic acids is 1. The highest BCUT2D eigenvalue weighted by Gasteiger charge is 2.31. The number of amides is 1. The van der Waals surface area contributed by atoms with Crippen LogP contribution in [0.15, 0.2) is 0 Å². The molecule has 1 N–H and O–H groups in total. The van der Waals surface area contributed by atoms with Crippen LogP contribution < -0.4 is 5.32 Å². The minimum atomic E-state index is 0.231. The first kappa shape index (κ1) is 14.8. The summed E-state index contributed by atoms with van der Waals surface area (Å²) in [7, 11) is 0. The van der Waals surface area contributed by atoms with Crippen LogP contribution in [0.2, 0.25) is 0 Å². The molecule has 0 aromatic heterocycles. The zero-order chi connectivity index (χ0) is 13.8. The Labute approximate surface area is 118 Å². The monoisotopic (exact) mass is 266 g/mol. The molecule has 2 aliphatic rings. The second-order valence-corrected chi connectivity index (χ2v) is 6.65. The number of nitrogens with zero attached hydrogens (tertiary/aromatic N) is 1. The Morgan fingerprint density at radius 1 is 1.26 bits per heavy atom. The molecule has 2 fully saturated rings. The molecule has 1 saturated carbocycles. The molecule has 19 heavy (non-hydrogen) atoms. The van der Waals surface area contributed by atoms with Crippen molar-refractivity contribution < 1.29 is 4.79 Å². The van der Waals surface area contributed by atoms with Crippen molar-refractivity contribution in [2.45, 2.75) is 58.9 Å². The van der Waals surface area contributed by atoms with Crippen LogP contribution >= 0.6 is 0 Å². The molecule has 1 aliphatic heterocycles. The van der Waals surface area contributed by atoms with Crippen LogP contribution in [-0.4, -0.2) is 36.5 Å². The fourth-order valence-electron chi connectivity index (χ4n) is 3.23. The molecule has 0 aromatic carbocycles. The minimum Gasteiger partial charge on any atom is -0.341 e. The topological polar surface area (TPSA) is 32.3 Å². The average Bonchev–Trinajstić information content (AvgIpc) is 3.21. The zero-order valence-corrected chi connectivity index (χ0v) is 12.8. The Bertz CT molecular complexity index is 297. The summed E-state index contributed by atoms with van der Waals surface area (Å²) in [6, 6.07) is 0.516. The number of hydrogen-bond acceptors (Lipinski definition) is 2. The zero-order valence-electron chi connectivity index (χ0n) is 12.8. The van der Waals surface area contributed by atoms with Gasteiger partial charge in [0, 0.05) is 25.0 Å². The first-order valence-corrected chi connectivity index (χ1v) is 8.16. The van der Waals surface area contributed by atoms with E-state index in [4.69, 9.17) is 0 Å². The molecular weight excluding hydrogens is 236 g/mol. The molecular formula is C16H30N2O. The number of nitrogens with one attached hydrogen (secondary N) is 1. The van der Waals surface area contributed by atoms with Gasteiger partial charge < -0.3 is 10.2 Å². The third-order valence-corrected chi connectivity index (χ3v) is 4.70. The van der Waals surface area contributed by atoms with Crippen molar-refractivity contribution in [1.82, 2.24) is 10.2 Å². The lowest BCUT2D eigenvalue weighted by Crippen LogP contribution is -2.52. The van der Waals surface area contributed by atoms with Gasteiger partial charge in [0.05, 0.1) is 0 Å². The van der Waals surface area contributed by atoms with E-state index in [2.05, 4.69) is 31.0 Å². The standard InChI is InChI=1S/C16H30N2O/c1-4-14(5-2)16(19)18-10-12(3)8-15(11-18)17-9-13-6-7-13/h12-15,17H,4-11H2,1-3H3. The number of carbonyl (C=O) groups is 1. The predicted octanol–water partition coefficient (Wildman–Crippen LogP) is 2.66. The van der Waals surface area contributed by atoms with Crippen LogP contribution in [0.5, 0.6) is 0 Å². The normalized spacial score (nSPS) is 27.9. The predicted molar refractivity (Wildman–Crippen MR) is 78.9 cm³/mol. The molecule has 1 saturated heterocycles. The fourth-order valence-corrected chi connectivity index (χ4v) is 3.23. The van der Waals surface area contributed by atoms with Gasteiger partial charge in [-0.15, -0.1) is 0 Å². The lowest BCUT2D eigenvalue weighted by molar-refractivity contribution is -0.138. The van der Waals surface area contributed by atoms with Crippen molar-refractivity contribution >= 4 is 5.91 Å². The summed E-state index contributed by atoms with van der Waals surface area (Å²) in [5.74, 6) is 2.16. The highest BCUT2D eigenvalue weighted by atomic mass is 16.2. The summed E-state index contributed by atoms with van der Waals surface area (Å²) < 4.78 is 0. The first-order chi connectivity index (χ1) is 9.13. The molecule has 0 bridgehead atoms. The second kappa shape index (κ2) is 6.74. The van der Waals surface area contributed by atoms with Gasteiger partial charge in [0.2, 0.25) is 5.91 Å². The largest absolute Gasteiger partial charge is 0.341 e. The summed E-state index contributed by atoms with van der Waals surface area (Å²) in [4.78, 5) is 14.6. The van der Waals surface area contributed by atoms with Crippen LogP contribution in [0.3, 0.4) is 0 Å². The van der Waals surface area contributed by atoms with E-state index < -0.39 is 0 Å². The molecule has 2 atom stereocenters. The minimum absolute atomic E-state index is 0.231. The van der Waals surface area contributed by atoms with Gasteiger partial charge in [0.25, 0.3) is 0 Å². The third kappa shape index (κ3) is 4.20. The second-order valence-electron chi connectivity index (χ2n) is 6.65. The molecule has 3 heteroatoms. The lowest BCUT2D eigenvalue weighted by Gasteiger charge is -2.38. The molecule has 1 amide bonds. The van der Waals surface area contributed by atoms with E-state index in [0.29, 0.717) is 17.9 Å². The fraction of sp³-hybridized carbons (Fsp3) is 0.938. The van der Waals surface area contributed by atoms with Gasteiger partial charge in [-0.3, -0.25) is 4.79 Å². The van der Waals surface area contributed by atoms with Crippen molar-refractivity contribution in [2.24, 2.45) is 17.8 Å². The maximum Gasteiger partial charge on any atom is 0.225 e. The van der Waals surface area contributed by atoms with Crippen LogP contribution in [0.4, 0.5) is 0 Å². The average molecular weight is 266 g/mol. The van der Waals surface area contributed by atoms with Gasteiger partial charge in [-0.25, -0.2) is 0 Å². The van der Waals surface area contributed by atoms with Gasteiger partial charge in [0.1, 0.15) is 0 Å². The quantitative estimate of drug-likeness (QED) is 0.801. The molecule has 1 aliphatic carbocycles. The SMILES string of the molecule is CCC(CC)C(=O)N1CC(C)CC(NCC2CC2)C1. The van der Waals surface area contributed by atoms with Crippen molar-refractivity contribution in [2.75, 3.05) is 19.6 Å². The molecule has 0 aromatic rings. The highest BCUT2D eigenvalue weighted by molar-refractivity contribution is 5.78. The molecule has 2 rings (SSSR count). The number of rotatable bonds is 6. The maximum atomic E-state index is 12.5. The Balaban J connectivity index is 1.86. The molecule has 1 heterocycles. The molecule has 110 valence electrons. The van der Waals surface area contributed by atoms with Crippen molar-refractivity contribution in [3.63, 3.8) is 0 Å². The van der Waals surface area contributed by atoms with Gasteiger partial charge in [-0.05, 0) is 50.5 Å². The van der Waals surface area contributed by atoms with E-state index in [1.165, 1.54) is 19.3 Å². The van der Waals surface area contributed by atoms with E-state index in [1.807, 2.05) is 0 Å². The first-order valence-electron chi connectivity index (χ1n) is 8.16. The van der Waals surface area contributed by atoms with Crippen LogP contribution in [0.1, 0.15) is 52.9 Å². The van der Waals surface area contributed by atoms with E-state index in [9.17, 15) is 4.79 Å². The maximum absolute atomic E-state index is 12.5. The Morgan fingerprint density at radius 3 is 2.53 bits per heavy atom. The summed E-state index contributed by atoms with van der Waals surface area (Å²) in [5, 5.41) is 3.68. The summed E-state index contributed by atoms with van der Waals surface area (Å²) in [6.07, 6.45) is 5.96.